The molecule has 0 heterocycles. The molecule has 1 rings (SSSR count). The average Bonchev–Trinajstić information content (AvgIpc) is 2.04. The van der Waals surface area contributed by atoms with Gasteiger partial charge in [0.25, 0.3) is 0 Å². The van der Waals surface area contributed by atoms with Crippen LogP contribution in [0.4, 0.5) is 0 Å². The fraction of sp³-hybridized carbons (Fsp3) is 0.200. The van der Waals surface area contributed by atoms with Crippen molar-refractivity contribution < 1.29 is 0 Å². The second-order valence-corrected chi connectivity index (χ2v) is 2.82. The van der Waals surface area contributed by atoms with Crippen LogP contribution in [0.1, 0.15) is 18.1 Å². The molecule has 0 bridgehead atoms. The number of benzene rings is 1. The molecule has 0 N–H and O–H groups in total. The third kappa shape index (κ3) is 1.84. The quantitative estimate of drug-likeness (QED) is 0.631. The molecule has 0 aliphatic carbocycles. The minimum Gasteiger partial charge on any atom is -0.0984 e. The lowest BCUT2D eigenvalue weighted by molar-refractivity contribution is 1.14. The van der Waals surface area contributed by atoms with Crippen molar-refractivity contribution in [1.82, 2.24) is 0 Å². The number of halogens is 1. The summed E-state index contributed by atoms with van der Waals surface area (Å²) in [6, 6.07) is 6.05. The highest BCUT2D eigenvalue weighted by Crippen LogP contribution is 2.18. The minimum atomic E-state index is 0.791. The zero-order valence-corrected chi connectivity index (χ0v) is 7.36. The summed E-state index contributed by atoms with van der Waals surface area (Å²) in [5, 5.41) is 0.791. The largest absolute Gasteiger partial charge is 0.0984 e. The van der Waals surface area contributed by atoms with E-state index >= 15 is 0 Å². The number of aryl methyl sites for hydroxylation is 1. The van der Waals surface area contributed by atoms with Crippen molar-refractivity contribution in [1.29, 1.82) is 0 Å². The molecule has 1 aromatic rings. The molecule has 58 valence electrons. The highest BCUT2D eigenvalue weighted by atomic mass is 35.5. The molecule has 0 saturated heterocycles. The van der Waals surface area contributed by atoms with Crippen molar-refractivity contribution in [3.63, 3.8) is 0 Å². The Kier molecular flexibility index (Phi) is 2.72. The van der Waals surface area contributed by atoms with Crippen LogP contribution in [-0.2, 0) is 6.42 Å². The first-order valence-corrected chi connectivity index (χ1v) is 4.06. The predicted octanol–water partition coefficient (Wildman–Crippen LogP) is 3.55. The molecular weight excluding hydrogens is 156 g/mol. The Morgan fingerprint density at radius 3 is 2.73 bits per heavy atom. The van der Waals surface area contributed by atoms with E-state index in [1.807, 2.05) is 12.1 Å². The fourth-order valence-corrected chi connectivity index (χ4v) is 1.24. The number of rotatable bonds is 2. The second-order valence-electron chi connectivity index (χ2n) is 2.41. The smallest absolute Gasteiger partial charge is 0.0480 e. The van der Waals surface area contributed by atoms with E-state index in [-0.39, 0.29) is 0 Å². The van der Waals surface area contributed by atoms with Gasteiger partial charge in [0.15, 0.2) is 0 Å². The van der Waals surface area contributed by atoms with E-state index in [2.05, 4.69) is 19.6 Å². The van der Waals surface area contributed by atoms with Gasteiger partial charge in [0.05, 0.1) is 0 Å². The lowest BCUT2D eigenvalue weighted by Crippen LogP contribution is -1.81. The maximum Gasteiger partial charge on any atom is 0.0480 e. The van der Waals surface area contributed by atoms with Gasteiger partial charge in [-0.25, -0.2) is 0 Å². The summed E-state index contributed by atoms with van der Waals surface area (Å²) >= 11 is 5.94. The van der Waals surface area contributed by atoms with Gasteiger partial charge in [0.2, 0.25) is 0 Å². The molecule has 0 amide bonds. The second kappa shape index (κ2) is 3.59. The van der Waals surface area contributed by atoms with Crippen LogP contribution < -0.4 is 0 Å². The normalized spacial score (nSPS) is 9.64. The van der Waals surface area contributed by atoms with Gasteiger partial charge in [-0.2, -0.15) is 0 Å². The molecule has 0 fully saturated rings. The molecule has 0 aliphatic rings. The summed E-state index contributed by atoms with van der Waals surface area (Å²) < 4.78 is 0. The zero-order chi connectivity index (χ0) is 8.27. The van der Waals surface area contributed by atoms with Crippen LogP contribution in [0, 0.1) is 0 Å². The highest BCUT2D eigenvalue weighted by Gasteiger charge is 1.95. The van der Waals surface area contributed by atoms with E-state index in [4.69, 9.17) is 11.6 Å². The van der Waals surface area contributed by atoms with E-state index in [1.54, 1.807) is 6.08 Å². The standard InChI is InChI=1S/C10H11Cl/c1-3-8-5-6-9(4-2)10(11)7-8/h4-7H,2-3H2,1H3. The monoisotopic (exact) mass is 166 g/mol. The Morgan fingerprint density at radius 2 is 2.27 bits per heavy atom. The van der Waals surface area contributed by atoms with Crippen molar-refractivity contribution in [3.8, 4) is 0 Å². The van der Waals surface area contributed by atoms with Crippen molar-refractivity contribution in [3.05, 3.63) is 40.9 Å². The Morgan fingerprint density at radius 1 is 1.55 bits per heavy atom. The molecule has 0 nitrogen and oxygen atoms in total. The van der Waals surface area contributed by atoms with Crippen molar-refractivity contribution in [2.45, 2.75) is 13.3 Å². The molecule has 1 heteroatoms. The molecule has 11 heavy (non-hydrogen) atoms. The first-order chi connectivity index (χ1) is 5.27. The summed E-state index contributed by atoms with van der Waals surface area (Å²) in [5.41, 5.74) is 2.27. The molecule has 0 spiro atoms. The van der Waals surface area contributed by atoms with E-state index in [0.29, 0.717) is 0 Å². The van der Waals surface area contributed by atoms with Crippen LogP contribution in [0.25, 0.3) is 6.08 Å². The Hall–Kier alpha value is -0.750. The molecule has 0 atom stereocenters. The van der Waals surface area contributed by atoms with Gasteiger partial charge < -0.3 is 0 Å². The van der Waals surface area contributed by atoms with Crippen LogP contribution >= 0.6 is 11.6 Å². The molecular formula is C10H11Cl. The zero-order valence-electron chi connectivity index (χ0n) is 6.60. The molecule has 0 unspecified atom stereocenters. The van der Waals surface area contributed by atoms with Crippen LogP contribution in [0.3, 0.4) is 0 Å². The summed E-state index contributed by atoms with van der Waals surface area (Å²) in [6.07, 6.45) is 2.79. The van der Waals surface area contributed by atoms with Crippen LogP contribution in [0.15, 0.2) is 24.8 Å². The first kappa shape index (κ1) is 8.35. The Bertz CT molecular complexity index is 264. The van der Waals surface area contributed by atoms with E-state index in [0.717, 1.165) is 17.0 Å². The average molecular weight is 167 g/mol. The van der Waals surface area contributed by atoms with Gasteiger partial charge in [0.1, 0.15) is 0 Å². The third-order valence-corrected chi connectivity index (χ3v) is 2.02. The molecule has 1 aromatic carbocycles. The van der Waals surface area contributed by atoms with E-state index in [9.17, 15) is 0 Å². The van der Waals surface area contributed by atoms with E-state index in [1.165, 1.54) is 5.56 Å². The Labute approximate surface area is 72.5 Å². The highest BCUT2D eigenvalue weighted by molar-refractivity contribution is 6.32. The maximum atomic E-state index is 5.94. The van der Waals surface area contributed by atoms with Gasteiger partial charge in [-0.05, 0) is 23.6 Å². The van der Waals surface area contributed by atoms with Gasteiger partial charge in [-0.15, -0.1) is 0 Å². The molecule has 0 saturated carbocycles. The van der Waals surface area contributed by atoms with Crippen molar-refractivity contribution in [2.24, 2.45) is 0 Å². The van der Waals surface area contributed by atoms with Crippen LogP contribution in [-0.4, -0.2) is 0 Å². The summed E-state index contributed by atoms with van der Waals surface area (Å²) in [4.78, 5) is 0. The van der Waals surface area contributed by atoms with Gasteiger partial charge >= 0.3 is 0 Å². The number of hydrogen-bond acceptors (Lipinski definition) is 0. The van der Waals surface area contributed by atoms with Crippen LogP contribution in [0.2, 0.25) is 5.02 Å². The van der Waals surface area contributed by atoms with Gasteiger partial charge in [-0.1, -0.05) is 43.3 Å². The van der Waals surface area contributed by atoms with Crippen molar-refractivity contribution in [2.75, 3.05) is 0 Å². The van der Waals surface area contributed by atoms with Crippen molar-refractivity contribution >= 4 is 17.7 Å². The van der Waals surface area contributed by atoms with Crippen LogP contribution in [0.5, 0.6) is 0 Å². The Balaban J connectivity index is 3.09. The summed E-state index contributed by atoms with van der Waals surface area (Å²) in [7, 11) is 0. The first-order valence-electron chi connectivity index (χ1n) is 3.68. The van der Waals surface area contributed by atoms with E-state index < -0.39 is 0 Å². The number of hydrogen-bond donors (Lipinski definition) is 0. The SMILES string of the molecule is C=Cc1ccc(CC)cc1Cl. The lowest BCUT2D eigenvalue weighted by Gasteiger charge is -2.00. The fourth-order valence-electron chi connectivity index (χ4n) is 0.956. The summed E-state index contributed by atoms with van der Waals surface area (Å²) in [5.74, 6) is 0. The lowest BCUT2D eigenvalue weighted by atomic mass is 10.1. The predicted molar refractivity (Wildman–Crippen MR) is 50.9 cm³/mol. The molecule has 0 aliphatic heterocycles. The summed E-state index contributed by atoms with van der Waals surface area (Å²) in [6.45, 7) is 5.77. The van der Waals surface area contributed by atoms with Gasteiger partial charge in [0, 0.05) is 5.02 Å². The topological polar surface area (TPSA) is 0 Å². The molecule has 0 aromatic heterocycles. The van der Waals surface area contributed by atoms with Gasteiger partial charge in [-0.3, -0.25) is 0 Å². The maximum absolute atomic E-state index is 5.94. The molecule has 0 radical (unpaired) electrons. The third-order valence-electron chi connectivity index (χ3n) is 1.69. The minimum absolute atomic E-state index is 0.791.